The van der Waals surface area contributed by atoms with E-state index in [-0.39, 0.29) is 29.8 Å². The van der Waals surface area contributed by atoms with Crippen molar-refractivity contribution in [3.05, 3.63) is 33.6 Å². The van der Waals surface area contributed by atoms with Gasteiger partial charge in [-0.05, 0) is 25.7 Å². The third kappa shape index (κ3) is 2.90. The van der Waals surface area contributed by atoms with Gasteiger partial charge in [0.15, 0.2) is 11.6 Å². The molecule has 150 valence electrons. The minimum absolute atomic E-state index is 0.135. The molecule has 1 aromatic heterocycles. The van der Waals surface area contributed by atoms with Gasteiger partial charge in [-0.3, -0.25) is 4.79 Å². The summed E-state index contributed by atoms with van der Waals surface area (Å²) in [5, 5.41) is 8.92. The van der Waals surface area contributed by atoms with Crippen LogP contribution in [0.3, 0.4) is 0 Å². The highest BCUT2D eigenvalue weighted by molar-refractivity contribution is 5.99. The van der Waals surface area contributed by atoms with E-state index in [4.69, 9.17) is 11.5 Å². The number of nitrogens with two attached hydrogens (primary N) is 2. The van der Waals surface area contributed by atoms with E-state index >= 15 is 8.78 Å². The van der Waals surface area contributed by atoms with Crippen LogP contribution in [0.2, 0.25) is 0 Å². The van der Waals surface area contributed by atoms with Crippen molar-refractivity contribution < 1.29 is 18.7 Å². The highest BCUT2D eigenvalue weighted by Crippen LogP contribution is 2.41. The van der Waals surface area contributed by atoms with Crippen LogP contribution in [0.1, 0.15) is 48.5 Å². The lowest BCUT2D eigenvalue weighted by molar-refractivity contribution is 0.0695. The molecule has 7 nitrogen and oxygen atoms in total. The molecule has 1 saturated heterocycles. The van der Waals surface area contributed by atoms with Crippen molar-refractivity contribution in [2.45, 2.75) is 44.2 Å². The van der Waals surface area contributed by atoms with Crippen LogP contribution in [0.15, 0.2) is 11.0 Å². The van der Waals surface area contributed by atoms with Crippen LogP contribution < -0.4 is 21.8 Å². The molecule has 9 heteroatoms. The van der Waals surface area contributed by atoms with Crippen LogP contribution in [0, 0.1) is 11.6 Å². The number of hydrogen-bond acceptors (Lipinski definition) is 5. The molecular weight excluding hydrogens is 370 g/mol. The van der Waals surface area contributed by atoms with Crippen molar-refractivity contribution in [2.75, 3.05) is 23.7 Å². The molecule has 1 aromatic carbocycles. The Labute approximate surface area is 159 Å². The van der Waals surface area contributed by atoms with Gasteiger partial charge in [-0.25, -0.2) is 13.6 Å². The topological polar surface area (TPSA) is 115 Å². The number of nitrogens with zero attached hydrogens (tertiary/aromatic N) is 2. The van der Waals surface area contributed by atoms with Crippen molar-refractivity contribution in [3.8, 4) is 0 Å². The molecule has 1 atom stereocenters. The fourth-order valence-electron chi connectivity index (χ4n) is 4.00. The number of fused-ring (bicyclic) bond motifs is 1. The Kier molecular flexibility index (Phi) is 4.49. The average molecular weight is 392 g/mol. The van der Waals surface area contributed by atoms with E-state index in [1.165, 1.54) is 4.57 Å². The summed E-state index contributed by atoms with van der Waals surface area (Å²) in [6.45, 7) is 0.701. The largest absolute Gasteiger partial charge is 0.477 e. The number of carbonyl (C=O) groups is 1. The number of rotatable bonds is 3. The second kappa shape index (κ2) is 6.73. The SMILES string of the molecule is Nc1c(F)c(N2CCCC[C@@H](N)C2)c(F)c2c1c(=O)c(C(=O)O)cn2C1CC1. The van der Waals surface area contributed by atoms with Crippen molar-refractivity contribution in [3.63, 3.8) is 0 Å². The average Bonchev–Trinajstić information content (AvgIpc) is 3.48. The zero-order valence-electron chi connectivity index (χ0n) is 15.3. The first-order chi connectivity index (χ1) is 13.3. The Morgan fingerprint density at radius 2 is 1.89 bits per heavy atom. The zero-order chi connectivity index (χ0) is 20.2. The van der Waals surface area contributed by atoms with E-state index in [1.807, 2.05) is 0 Å². The first-order valence-electron chi connectivity index (χ1n) is 9.40. The Morgan fingerprint density at radius 1 is 1.18 bits per heavy atom. The Bertz CT molecular complexity index is 1030. The molecule has 0 bridgehead atoms. The molecule has 0 amide bonds. The highest BCUT2D eigenvalue weighted by Gasteiger charge is 2.33. The second-order valence-corrected chi connectivity index (χ2v) is 7.63. The van der Waals surface area contributed by atoms with E-state index in [2.05, 4.69) is 0 Å². The van der Waals surface area contributed by atoms with Crippen LogP contribution in [0.4, 0.5) is 20.2 Å². The quantitative estimate of drug-likeness (QED) is 0.690. The normalized spacial score (nSPS) is 20.4. The van der Waals surface area contributed by atoms with Crippen LogP contribution in [-0.4, -0.2) is 34.8 Å². The smallest absolute Gasteiger partial charge is 0.341 e. The van der Waals surface area contributed by atoms with Crippen molar-refractivity contribution in [2.24, 2.45) is 5.73 Å². The second-order valence-electron chi connectivity index (χ2n) is 7.63. The Balaban J connectivity index is 2.04. The molecule has 2 heterocycles. The van der Waals surface area contributed by atoms with Crippen LogP contribution >= 0.6 is 0 Å². The first kappa shape index (κ1) is 18.7. The summed E-state index contributed by atoms with van der Waals surface area (Å²) in [4.78, 5) is 25.7. The van der Waals surface area contributed by atoms with Crippen molar-refractivity contribution in [1.29, 1.82) is 0 Å². The molecule has 0 unspecified atom stereocenters. The molecule has 1 saturated carbocycles. The molecule has 1 aliphatic heterocycles. The van der Waals surface area contributed by atoms with Gasteiger partial charge in [-0.1, -0.05) is 6.42 Å². The van der Waals surface area contributed by atoms with Crippen LogP contribution in [0.25, 0.3) is 10.9 Å². The summed E-state index contributed by atoms with van der Waals surface area (Å²) < 4.78 is 32.2. The standard InChI is InChI=1S/C19H22F2N4O3/c20-13-15(23)12-16(14(21)17(13)24-6-2-1-3-9(22)7-24)25(10-4-5-10)8-11(18(12)26)19(27)28/h8-10H,1-7,22-23H2,(H,27,28)/t9-/m1/s1. The molecule has 1 aliphatic carbocycles. The highest BCUT2D eigenvalue weighted by atomic mass is 19.1. The van der Waals surface area contributed by atoms with E-state index in [0.717, 1.165) is 38.3 Å². The Hall–Kier alpha value is -2.68. The Morgan fingerprint density at radius 3 is 2.54 bits per heavy atom. The lowest BCUT2D eigenvalue weighted by Crippen LogP contribution is -2.37. The van der Waals surface area contributed by atoms with E-state index < -0.39 is 39.7 Å². The lowest BCUT2D eigenvalue weighted by Gasteiger charge is -2.27. The van der Waals surface area contributed by atoms with Gasteiger partial charge in [0, 0.05) is 31.4 Å². The lowest BCUT2D eigenvalue weighted by atomic mass is 10.1. The van der Waals surface area contributed by atoms with Gasteiger partial charge < -0.3 is 26.0 Å². The predicted molar refractivity (Wildman–Crippen MR) is 102 cm³/mol. The summed E-state index contributed by atoms with van der Waals surface area (Å²) in [5.41, 5.74) is 9.49. The first-order valence-corrected chi connectivity index (χ1v) is 9.40. The molecule has 4 rings (SSSR count). The van der Waals surface area contributed by atoms with Crippen molar-refractivity contribution >= 4 is 28.2 Å². The monoisotopic (exact) mass is 392 g/mol. The molecule has 0 radical (unpaired) electrons. The summed E-state index contributed by atoms with van der Waals surface area (Å²) in [7, 11) is 0. The maximum atomic E-state index is 15.6. The van der Waals surface area contributed by atoms with E-state index in [9.17, 15) is 14.7 Å². The number of hydrogen-bond donors (Lipinski definition) is 3. The van der Waals surface area contributed by atoms with Gasteiger partial charge in [0.05, 0.1) is 16.6 Å². The molecular formula is C19H22F2N4O3. The summed E-state index contributed by atoms with van der Waals surface area (Å²) in [6.07, 6.45) is 4.94. The van der Waals surface area contributed by atoms with Gasteiger partial charge in [0.25, 0.3) is 0 Å². The van der Waals surface area contributed by atoms with E-state index in [1.54, 1.807) is 4.90 Å². The number of carboxylic acid groups (broad SMARTS) is 1. The maximum absolute atomic E-state index is 15.6. The third-order valence-corrected chi connectivity index (χ3v) is 5.56. The van der Waals surface area contributed by atoms with Crippen LogP contribution in [-0.2, 0) is 0 Å². The predicted octanol–water partition coefficient (Wildman–Crippen LogP) is 2.21. The molecule has 5 N–H and O–H groups in total. The minimum Gasteiger partial charge on any atom is -0.477 e. The van der Waals surface area contributed by atoms with Gasteiger partial charge in [-0.15, -0.1) is 0 Å². The number of benzene rings is 1. The fourth-order valence-corrected chi connectivity index (χ4v) is 4.00. The number of aromatic carboxylic acids is 1. The number of anilines is 2. The third-order valence-electron chi connectivity index (χ3n) is 5.56. The summed E-state index contributed by atoms with van der Waals surface area (Å²) in [6, 6.07) is -0.363. The molecule has 2 aliphatic rings. The van der Waals surface area contributed by atoms with E-state index in [0.29, 0.717) is 6.54 Å². The number of carboxylic acids is 1. The van der Waals surface area contributed by atoms with Gasteiger partial charge >= 0.3 is 5.97 Å². The molecule has 0 spiro atoms. The molecule has 2 fully saturated rings. The zero-order valence-corrected chi connectivity index (χ0v) is 15.3. The number of aromatic nitrogens is 1. The molecule has 28 heavy (non-hydrogen) atoms. The number of nitrogen functional groups attached to an aromatic ring is 1. The number of pyridine rings is 1. The van der Waals surface area contributed by atoms with Crippen LogP contribution in [0.5, 0.6) is 0 Å². The van der Waals surface area contributed by atoms with Gasteiger partial charge in [0.1, 0.15) is 11.3 Å². The van der Waals surface area contributed by atoms with Gasteiger partial charge in [-0.2, -0.15) is 0 Å². The molecule has 2 aromatic rings. The maximum Gasteiger partial charge on any atom is 0.341 e. The number of halogens is 2. The van der Waals surface area contributed by atoms with Crippen molar-refractivity contribution in [1.82, 2.24) is 4.57 Å². The summed E-state index contributed by atoms with van der Waals surface area (Å²) in [5.74, 6) is -3.39. The van der Waals surface area contributed by atoms with Gasteiger partial charge in [0.2, 0.25) is 5.43 Å². The minimum atomic E-state index is -1.45. The summed E-state index contributed by atoms with van der Waals surface area (Å²) >= 11 is 0. The fraction of sp³-hybridized carbons (Fsp3) is 0.474.